The molecular weight excluding hydrogens is 260 g/mol. The average molecular weight is 272 g/mol. The number of benzene rings is 1. The van der Waals surface area contributed by atoms with Gasteiger partial charge in [-0.2, -0.15) is 10.4 Å². The number of amides is 1. The van der Waals surface area contributed by atoms with E-state index >= 15 is 0 Å². The van der Waals surface area contributed by atoms with E-state index in [1.165, 1.54) is 11.8 Å². The van der Waals surface area contributed by atoms with Crippen molar-refractivity contribution in [2.75, 3.05) is 5.75 Å². The molecule has 0 radical (unpaired) electrons. The summed E-state index contributed by atoms with van der Waals surface area (Å²) < 4.78 is 0. The van der Waals surface area contributed by atoms with Crippen LogP contribution in [0, 0.1) is 11.3 Å². The van der Waals surface area contributed by atoms with E-state index < -0.39 is 0 Å². The summed E-state index contributed by atoms with van der Waals surface area (Å²) in [5, 5.41) is 19.9. The number of carbonyl (C=O) groups is 1. The van der Waals surface area contributed by atoms with Crippen molar-refractivity contribution in [1.82, 2.24) is 5.32 Å². The molecule has 1 fully saturated rings. The van der Waals surface area contributed by atoms with Crippen LogP contribution in [0.4, 0.5) is 0 Å². The molecule has 19 heavy (non-hydrogen) atoms. The fraction of sp³-hybridized carbons (Fsp3) is 0.231. The first kappa shape index (κ1) is 13.3. The van der Waals surface area contributed by atoms with Gasteiger partial charge in [0, 0.05) is 0 Å². The number of nitrogens with one attached hydrogen (secondary N) is 1. The summed E-state index contributed by atoms with van der Waals surface area (Å²) in [5.41, 5.74) is 2.62. The normalized spacial score (nSPS) is 16.8. The molecule has 6 heteroatoms. The van der Waals surface area contributed by atoms with E-state index in [1.54, 1.807) is 12.3 Å². The fourth-order valence-corrected chi connectivity index (χ4v) is 2.26. The number of hydrogen-bond donors (Lipinski definition) is 1. The number of carbonyl (C=O) groups excluding carboxylic acids is 1. The second kappa shape index (κ2) is 6.16. The van der Waals surface area contributed by atoms with Gasteiger partial charge in [0.2, 0.25) is 5.91 Å². The minimum atomic E-state index is -0.0495. The molecular formula is C13H12N4OS. The number of hydrogen-bond acceptors (Lipinski definition) is 5. The lowest BCUT2D eigenvalue weighted by atomic mass is 10.0. The standard InChI is InChI=1S/C13H12N4OS/c1-2-10-5-9(6-14)3-4-11(10)7-15-17-13-16-12(18)8-19-13/h3-5,7H,2,8H2,1H3,(H,16,17,18). The van der Waals surface area contributed by atoms with Crippen molar-refractivity contribution in [1.29, 1.82) is 5.26 Å². The molecule has 1 amide bonds. The Morgan fingerprint density at radius 2 is 2.42 bits per heavy atom. The third kappa shape index (κ3) is 3.42. The van der Waals surface area contributed by atoms with Gasteiger partial charge in [0.25, 0.3) is 0 Å². The third-order valence-corrected chi connectivity index (χ3v) is 3.45. The maximum Gasteiger partial charge on any atom is 0.236 e. The molecule has 0 spiro atoms. The molecule has 2 rings (SSSR count). The Balaban J connectivity index is 2.15. The lowest BCUT2D eigenvalue weighted by Crippen LogP contribution is -2.19. The van der Waals surface area contributed by atoms with Crippen LogP contribution in [0.15, 0.2) is 28.4 Å². The topological polar surface area (TPSA) is 77.6 Å². The highest BCUT2D eigenvalue weighted by atomic mass is 32.2. The Hall–Kier alpha value is -2.13. The van der Waals surface area contributed by atoms with Crippen LogP contribution in [0.3, 0.4) is 0 Å². The molecule has 1 aliphatic rings. The van der Waals surface area contributed by atoms with Crippen molar-refractivity contribution in [2.24, 2.45) is 10.2 Å². The summed E-state index contributed by atoms with van der Waals surface area (Å²) in [6.07, 6.45) is 2.46. The highest BCUT2D eigenvalue weighted by molar-refractivity contribution is 8.15. The first-order valence-corrected chi connectivity index (χ1v) is 6.78. The fourth-order valence-electron chi connectivity index (χ4n) is 1.63. The Kier molecular flexibility index (Phi) is 4.31. The molecule has 1 aliphatic heterocycles. The maximum atomic E-state index is 11.0. The smallest absolute Gasteiger partial charge is 0.236 e. The number of nitriles is 1. The summed E-state index contributed by atoms with van der Waals surface area (Å²) in [4.78, 5) is 11.0. The quantitative estimate of drug-likeness (QED) is 0.671. The van der Waals surface area contributed by atoms with E-state index in [0.717, 1.165) is 17.5 Å². The molecule has 1 N–H and O–H groups in total. The molecule has 0 aromatic heterocycles. The molecule has 5 nitrogen and oxygen atoms in total. The highest BCUT2D eigenvalue weighted by Crippen LogP contribution is 2.12. The van der Waals surface area contributed by atoms with Gasteiger partial charge in [-0.15, -0.1) is 5.10 Å². The van der Waals surface area contributed by atoms with Gasteiger partial charge in [-0.25, -0.2) is 0 Å². The number of aryl methyl sites for hydroxylation is 1. The van der Waals surface area contributed by atoms with E-state index in [-0.39, 0.29) is 5.91 Å². The van der Waals surface area contributed by atoms with E-state index in [1.807, 2.05) is 19.1 Å². The van der Waals surface area contributed by atoms with Crippen LogP contribution in [0.2, 0.25) is 0 Å². The molecule has 1 heterocycles. The molecule has 0 saturated carbocycles. The van der Waals surface area contributed by atoms with Gasteiger partial charge in [0.1, 0.15) is 0 Å². The summed E-state index contributed by atoms with van der Waals surface area (Å²) >= 11 is 1.33. The van der Waals surface area contributed by atoms with E-state index in [2.05, 4.69) is 21.6 Å². The Labute approximate surface area is 115 Å². The van der Waals surface area contributed by atoms with Gasteiger partial charge in [-0.1, -0.05) is 24.8 Å². The van der Waals surface area contributed by atoms with Crippen LogP contribution < -0.4 is 5.32 Å². The second-order valence-electron chi connectivity index (χ2n) is 3.87. The molecule has 0 atom stereocenters. The minimum Gasteiger partial charge on any atom is -0.303 e. The Morgan fingerprint density at radius 1 is 1.58 bits per heavy atom. The van der Waals surface area contributed by atoms with Gasteiger partial charge < -0.3 is 5.32 Å². The summed E-state index contributed by atoms with van der Waals surface area (Å²) in [5.74, 6) is 0.345. The summed E-state index contributed by atoms with van der Waals surface area (Å²) in [6, 6.07) is 7.56. The van der Waals surface area contributed by atoms with Crippen molar-refractivity contribution in [3.05, 3.63) is 34.9 Å². The van der Waals surface area contributed by atoms with Crippen molar-refractivity contribution in [2.45, 2.75) is 13.3 Å². The first-order valence-electron chi connectivity index (χ1n) is 5.79. The number of amidine groups is 1. The van der Waals surface area contributed by atoms with Crippen LogP contribution in [0.1, 0.15) is 23.6 Å². The van der Waals surface area contributed by atoms with Crippen LogP contribution >= 0.6 is 11.8 Å². The van der Waals surface area contributed by atoms with Gasteiger partial charge >= 0.3 is 0 Å². The average Bonchev–Trinajstić information content (AvgIpc) is 2.84. The first-order chi connectivity index (χ1) is 9.22. The maximum absolute atomic E-state index is 11.0. The number of nitrogens with zero attached hydrogens (tertiary/aromatic N) is 3. The van der Waals surface area contributed by atoms with Gasteiger partial charge in [0.15, 0.2) is 5.17 Å². The molecule has 0 aliphatic carbocycles. The highest BCUT2D eigenvalue weighted by Gasteiger charge is 2.15. The number of rotatable bonds is 3. The van der Waals surface area contributed by atoms with Gasteiger partial charge in [0.05, 0.1) is 23.6 Å². The van der Waals surface area contributed by atoms with Crippen LogP contribution in [-0.4, -0.2) is 23.0 Å². The molecule has 1 aromatic rings. The molecule has 0 unspecified atom stereocenters. The lowest BCUT2D eigenvalue weighted by molar-refractivity contribution is -0.116. The SMILES string of the molecule is CCc1cc(C#N)ccc1C=NN=C1NC(=O)CS1. The van der Waals surface area contributed by atoms with Crippen molar-refractivity contribution < 1.29 is 4.79 Å². The van der Waals surface area contributed by atoms with Crippen LogP contribution in [0.5, 0.6) is 0 Å². The predicted octanol–water partition coefficient (Wildman–Crippen LogP) is 1.67. The zero-order chi connectivity index (χ0) is 13.7. The molecule has 96 valence electrons. The van der Waals surface area contributed by atoms with E-state index in [0.29, 0.717) is 16.5 Å². The Morgan fingerprint density at radius 3 is 3.05 bits per heavy atom. The van der Waals surface area contributed by atoms with Gasteiger partial charge in [-0.05, 0) is 29.7 Å². The van der Waals surface area contributed by atoms with Crippen molar-refractivity contribution in [3.63, 3.8) is 0 Å². The Bertz CT molecular complexity index is 601. The van der Waals surface area contributed by atoms with E-state index in [4.69, 9.17) is 5.26 Å². The molecule has 1 saturated heterocycles. The summed E-state index contributed by atoms with van der Waals surface area (Å²) in [6.45, 7) is 2.02. The minimum absolute atomic E-state index is 0.0495. The van der Waals surface area contributed by atoms with E-state index in [9.17, 15) is 4.79 Å². The lowest BCUT2D eigenvalue weighted by Gasteiger charge is -2.02. The summed E-state index contributed by atoms with van der Waals surface area (Å²) in [7, 11) is 0. The largest absolute Gasteiger partial charge is 0.303 e. The van der Waals surface area contributed by atoms with Crippen LogP contribution in [0.25, 0.3) is 0 Å². The van der Waals surface area contributed by atoms with Crippen LogP contribution in [-0.2, 0) is 11.2 Å². The van der Waals surface area contributed by atoms with Gasteiger partial charge in [-0.3, -0.25) is 4.79 Å². The second-order valence-corrected chi connectivity index (χ2v) is 4.83. The monoisotopic (exact) mass is 272 g/mol. The van der Waals surface area contributed by atoms with Crippen molar-refractivity contribution >= 4 is 29.1 Å². The third-order valence-electron chi connectivity index (χ3n) is 2.58. The zero-order valence-electron chi connectivity index (χ0n) is 10.4. The number of thioether (sulfide) groups is 1. The van der Waals surface area contributed by atoms with Crippen molar-refractivity contribution in [3.8, 4) is 6.07 Å². The predicted molar refractivity (Wildman–Crippen MR) is 76.2 cm³/mol. The molecule has 1 aromatic carbocycles. The molecule has 0 bridgehead atoms. The zero-order valence-corrected chi connectivity index (χ0v) is 11.2.